The highest BCUT2D eigenvalue weighted by atomic mass is 16.1. The van der Waals surface area contributed by atoms with Crippen molar-refractivity contribution in [2.45, 2.75) is 40.0 Å². The van der Waals surface area contributed by atoms with Gasteiger partial charge >= 0.3 is 0 Å². The molecular weight excluding hydrogens is 440 g/mol. The Morgan fingerprint density at radius 3 is 2.49 bits per heavy atom. The van der Waals surface area contributed by atoms with E-state index in [4.69, 9.17) is 0 Å². The summed E-state index contributed by atoms with van der Waals surface area (Å²) in [6.07, 6.45) is 3.20. The second-order valence-electron chi connectivity index (χ2n) is 9.38. The fourth-order valence-electron chi connectivity index (χ4n) is 3.55. The lowest BCUT2D eigenvalue weighted by Gasteiger charge is -2.19. The van der Waals surface area contributed by atoms with Crippen LogP contribution in [0.25, 0.3) is 5.82 Å². The predicted octanol–water partition coefficient (Wildman–Crippen LogP) is 5.01. The number of nitrogens with zero attached hydrogens (tertiary/aromatic N) is 5. The molecule has 3 heterocycles. The first-order valence-electron chi connectivity index (χ1n) is 11.4. The van der Waals surface area contributed by atoms with Gasteiger partial charge in [0.1, 0.15) is 23.8 Å². The van der Waals surface area contributed by atoms with E-state index in [1.54, 1.807) is 24.0 Å². The molecule has 3 N–H and O–H groups in total. The van der Waals surface area contributed by atoms with Gasteiger partial charge in [-0.2, -0.15) is 9.78 Å². The van der Waals surface area contributed by atoms with Crippen molar-refractivity contribution in [2.75, 3.05) is 23.0 Å². The summed E-state index contributed by atoms with van der Waals surface area (Å²) in [5, 5.41) is 13.9. The van der Waals surface area contributed by atoms with Gasteiger partial charge in [0, 0.05) is 36.6 Å². The quantitative estimate of drug-likeness (QED) is 0.363. The summed E-state index contributed by atoms with van der Waals surface area (Å²) in [7, 11) is 1.80. The summed E-state index contributed by atoms with van der Waals surface area (Å²) in [6.45, 7) is 10.3. The summed E-state index contributed by atoms with van der Waals surface area (Å²) in [5.74, 6) is 2.33. The van der Waals surface area contributed by atoms with E-state index < -0.39 is 0 Å². The van der Waals surface area contributed by atoms with Crippen LogP contribution in [-0.4, -0.2) is 37.7 Å². The summed E-state index contributed by atoms with van der Waals surface area (Å²) in [5.41, 5.74) is 4.18. The lowest BCUT2D eigenvalue weighted by molar-refractivity contribution is 0.102. The Labute approximate surface area is 205 Å². The highest BCUT2D eigenvalue weighted by molar-refractivity contribution is 6.04. The molecule has 1 amide bonds. The van der Waals surface area contributed by atoms with Gasteiger partial charge in [0.15, 0.2) is 5.82 Å². The molecule has 180 valence electrons. The molecule has 0 aliphatic heterocycles. The first-order valence-corrected chi connectivity index (χ1v) is 11.4. The third-order valence-electron chi connectivity index (χ3n) is 5.59. The fourth-order valence-corrected chi connectivity index (χ4v) is 3.55. The SMILES string of the molecule is CNc1cc(-n2nc(C)cc2Nc2cc(C(=O)Nc3cc(C(C)(C)C)ccn3)ccc2C)ncn1. The smallest absolute Gasteiger partial charge is 0.256 e. The standard InChI is InChI=1S/C26H30N8O/c1-16-7-8-18(25(35)32-22-13-19(9-10-28-22)26(3,4)5)12-20(16)31-24-11-17(2)33-34(24)23-14-21(27-6)29-15-30-23/h7-15,31H,1-6H3,(H,27,29,30)(H,28,32,35). The van der Waals surface area contributed by atoms with Gasteiger partial charge in [-0.15, -0.1) is 0 Å². The van der Waals surface area contributed by atoms with Crippen molar-refractivity contribution < 1.29 is 4.79 Å². The number of hydrogen-bond donors (Lipinski definition) is 3. The molecule has 0 aliphatic rings. The van der Waals surface area contributed by atoms with Crippen LogP contribution in [-0.2, 0) is 5.41 Å². The molecule has 0 fully saturated rings. The molecule has 3 aromatic heterocycles. The summed E-state index contributed by atoms with van der Waals surface area (Å²) < 4.78 is 1.71. The van der Waals surface area contributed by atoms with Crippen LogP contribution in [0.3, 0.4) is 0 Å². The number of aryl methyl sites for hydroxylation is 2. The zero-order chi connectivity index (χ0) is 25.2. The number of pyridine rings is 1. The van der Waals surface area contributed by atoms with Gasteiger partial charge in [0.25, 0.3) is 5.91 Å². The van der Waals surface area contributed by atoms with E-state index in [9.17, 15) is 4.79 Å². The van der Waals surface area contributed by atoms with Crippen LogP contribution in [0.15, 0.2) is 55.0 Å². The monoisotopic (exact) mass is 470 g/mol. The van der Waals surface area contributed by atoms with Crippen molar-refractivity contribution in [2.24, 2.45) is 0 Å². The molecule has 0 saturated heterocycles. The molecule has 0 aliphatic carbocycles. The van der Waals surface area contributed by atoms with Gasteiger partial charge in [0.2, 0.25) is 0 Å². The normalized spacial score (nSPS) is 11.3. The minimum absolute atomic E-state index is 0.0396. The summed E-state index contributed by atoms with van der Waals surface area (Å²) in [4.78, 5) is 25.9. The van der Waals surface area contributed by atoms with Crippen molar-refractivity contribution in [3.05, 3.63) is 77.4 Å². The maximum atomic E-state index is 13.0. The number of anilines is 4. The number of benzene rings is 1. The summed E-state index contributed by atoms with van der Waals surface area (Å²) in [6, 6.07) is 13.1. The number of amides is 1. The highest BCUT2D eigenvalue weighted by Gasteiger charge is 2.16. The molecule has 4 rings (SSSR count). The first kappa shape index (κ1) is 23.9. The van der Waals surface area contributed by atoms with E-state index in [0.717, 1.165) is 28.3 Å². The zero-order valence-electron chi connectivity index (χ0n) is 20.8. The average Bonchev–Trinajstić information content (AvgIpc) is 3.20. The van der Waals surface area contributed by atoms with E-state index in [-0.39, 0.29) is 11.3 Å². The third kappa shape index (κ3) is 5.46. The lowest BCUT2D eigenvalue weighted by atomic mass is 9.88. The average molecular weight is 471 g/mol. The van der Waals surface area contributed by atoms with Gasteiger partial charge in [-0.3, -0.25) is 4.79 Å². The van der Waals surface area contributed by atoms with Crippen molar-refractivity contribution in [1.82, 2.24) is 24.7 Å². The van der Waals surface area contributed by atoms with Crippen LogP contribution in [0.1, 0.15) is 48.0 Å². The second kappa shape index (κ2) is 9.54. The van der Waals surface area contributed by atoms with E-state index in [2.05, 4.69) is 56.8 Å². The van der Waals surface area contributed by atoms with E-state index >= 15 is 0 Å². The zero-order valence-corrected chi connectivity index (χ0v) is 20.8. The first-order chi connectivity index (χ1) is 16.6. The van der Waals surface area contributed by atoms with Crippen molar-refractivity contribution in [3.8, 4) is 5.82 Å². The molecular formula is C26H30N8O. The predicted molar refractivity (Wildman–Crippen MR) is 139 cm³/mol. The van der Waals surface area contributed by atoms with E-state index in [0.29, 0.717) is 23.0 Å². The van der Waals surface area contributed by atoms with E-state index in [1.807, 2.05) is 50.2 Å². The fraction of sp³-hybridized carbons (Fsp3) is 0.269. The molecule has 9 nitrogen and oxygen atoms in total. The van der Waals surface area contributed by atoms with Crippen molar-refractivity contribution in [3.63, 3.8) is 0 Å². The number of rotatable bonds is 6. The minimum atomic E-state index is -0.231. The number of nitrogens with one attached hydrogen (secondary N) is 3. The third-order valence-corrected chi connectivity index (χ3v) is 5.59. The van der Waals surface area contributed by atoms with Crippen LogP contribution >= 0.6 is 0 Å². The molecule has 0 spiro atoms. The maximum Gasteiger partial charge on any atom is 0.256 e. The van der Waals surface area contributed by atoms with Gasteiger partial charge in [-0.25, -0.2) is 15.0 Å². The van der Waals surface area contributed by atoms with Crippen LogP contribution < -0.4 is 16.0 Å². The van der Waals surface area contributed by atoms with Gasteiger partial charge in [0.05, 0.1) is 5.69 Å². The molecule has 9 heteroatoms. The Morgan fingerprint density at radius 1 is 0.943 bits per heavy atom. The Balaban J connectivity index is 1.60. The largest absolute Gasteiger partial charge is 0.373 e. The molecule has 1 aromatic carbocycles. The Kier molecular flexibility index (Phi) is 6.50. The van der Waals surface area contributed by atoms with Crippen molar-refractivity contribution >= 4 is 29.0 Å². The number of aromatic nitrogens is 5. The number of hydrogen-bond acceptors (Lipinski definition) is 7. The highest BCUT2D eigenvalue weighted by Crippen LogP contribution is 2.26. The number of carbonyl (C=O) groups is 1. The van der Waals surface area contributed by atoms with Crippen molar-refractivity contribution in [1.29, 1.82) is 0 Å². The van der Waals surface area contributed by atoms with Crippen LogP contribution in [0.5, 0.6) is 0 Å². The molecule has 0 bridgehead atoms. The minimum Gasteiger partial charge on any atom is -0.373 e. The number of carbonyl (C=O) groups excluding carboxylic acids is 1. The van der Waals surface area contributed by atoms with Gasteiger partial charge < -0.3 is 16.0 Å². The molecule has 0 saturated carbocycles. The van der Waals surface area contributed by atoms with Crippen LogP contribution in [0.2, 0.25) is 0 Å². The maximum absolute atomic E-state index is 13.0. The van der Waals surface area contributed by atoms with Gasteiger partial charge in [-0.1, -0.05) is 26.8 Å². The van der Waals surface area contributed by atoms with E-state index in [1.165, 1.54) is 6.33 Å². The van der Waals surface area contributed by atoms with Crippen LogP contribution in [0, 0.1) is 13.8 Å². The molecule has 0 atom stereocenters. The Bertz CT molecular complexity index is 1370. The molecule has 0 unspecified atom stereocenters. The second-order valence-corrected chi connectivity index (χ2v) is 9.38. The Hall–Kier alpha value is -4.27. The topological polar surface area (TPSA) is 110 Å². The molecule has 4 aromatic rings. The Morgan fingerprint density at radius 2 is 1.74 bits per heavy atom. The molecule has 0 radical (unpaired) electrons. The summed E-state index contributed by atoms with van der Waals surface area (Å²) >= 11 is 0. The lowest BCUT2D eigenvalue weighted by Crippen LogP contribution is -2.16. The van der Waals surface area contributed by atoms with Gasteiger partial charge in [-0.05, 0) is 54.7 Å². The van der Waals surface area contributed by atoms with Crippen LogP contribution in [0.4, 0.5) is 23.1 Å². The molecule has 35 heavy (non-hydrogen) atoms.